The van der Waals surface area contributed by atoms with Crippen LogP contribution in [-0.4, -0.2) is 38.4 Å². The first kappa shape index (κ1) is 10.5. The summed E-state index contributed by atoms with van der Waals surface area (Å²) in [6, 6.07) is 0. The van der Waals surface area contributed by atoms with E-state index < -0.39 is 6.10 Å². The van der Waals surface area contributed by atoms with Crippen molar-refractivity contribution in [1.29, 1.82) is 0 Å². The second-order valence-corrected chi connectivity index (χ2v) is 3.27. The van der Waals surface area contributed by atoms with Crippen LogP contribution in [-0.2, 0) is 14.3 Å². The highest BCUT2D eigenvalue weighted by molar-refractivity contribution is 5.73. The predicted octanol–water partition coefficient (Wildman–Crippen LogP) is 0.316. The van der Waals surface area contributed by atoms with Gasteiger partial charge in [-0.1, -0.05) is 0 Å². The van der Waals surface area contributed by atoms with Crippen molar-refractivity contribution in [3.05, 3.63) is 0 Å². The molecule has 76 valence electrons. The molecule has 0 aliphatic carbocycles. The number of nitrogens with one attached hydrogen (secondary N) is 1. The highest BCUT2D eigenvalue weighted by Crippen LogP contribution is 2.09. The van der Waals surface area contributed by atoms with Crippen molar-refractivity contribution in [3.63, 3.8) is 0 Å². The second-order valence-electron chi connectivity index (χ2n) is 3.27. The fourth-order valence-electron chi connectivity index (χ4n) is 1.45. The van der Waals surface area contributed by atoms with Crippen molar-refractivity contribution in [1.82, 2.24) is 5.32 Å². The molecule has 13 heavy (non-hydrogen) atoms. The molecule has 1 rings (SSSR count). The lowest BCUT2D eigenvalue weighted by Gasteiger charge is -2.25. The highest BCUT2D eigenvalue weighted by Gasteiger charge is 2.20. The summed E-state index contributed by atoms with van der Waals surface area (Å²) in [5.74, 6) is -0.300. The topological polar surface area (TPSA) is 47.6 Å². The average Bonchev–Trinajstić information content (AvgIpc) is 2.18. The Morgan fingerprint density at radius 1 is 1.62 bits per heavy atom. The molecule has 1 aliphatic rings. The number of methoxy groups -OCH3 is 1. The van der Waals surface area contributed by atoms with Crippen molar-refractivity contribution in [2.45, 2.75) is 32.0 Å². The standard InChI is InChI=1S/C9H17NO3/c1-7(9(11)12-2)13-8-4-3-5-10-6-8/h7-8,10H,3-6H2,1-2H3/t7-,8-/m1/s1. The van der Waals surface area contributed by atoms with E-state index in [0.29, 0.717) is 0 Å². The number of rotatable bonds is 3. The maximum Gasteiger partial charge on any atom is 0.334 e. The molecule has 0 aromatic carbocycles. The molecule has 1 aliphatic heterocycles. The third-order valence-electron chi connectivity index (χ3n) is 2.18. The first-order valence-corrected chi connectivity index (χ1v) is 4.68. The maximum absolute atomic E-state index is 11.0. The van der Waals surface area contributed by atoms with Crippen LogP contribution < -0.4 is 5.32 Å². The van der Waals surface area contributed by atoms with E-state index in [0.717, 1.165) is 25.9 Å². The van der Waals surface area contributed by atoms with Gasteiger partial charge in [-0.2, -0.15) is 0 Å². The number of carbonyl (C=O) groups is 1. The van der Waals surface area contributed by atoms with Gasteiger partial charge in [0.05, 0.1) is 13.2 Å². The Labute approximate surface area is 78.6 Å². The van der Waals surface area contributed by atoms with Gasteiger partial charge in [-0.25, -0.2) is 4.79 Å². The van der Waals surface area contributed by atoms with Crippen LogP contribution in [0.5, 0.6) is 0 Å². The molecule has 1 fully saturated rings. The Bertz CT molecular complexity index is 166. The van der Waals surface area contributed by atoms with Crippen LogP contribution in [0.2, 0.25) is 0 Å². The van der Waals surface area contributed by atoms with Crippen LogP contribution >= 0.6 is 0 Å². The minimum atomic E-state index is -0.449. The van der Waals surface area contributed by atoms with Gasteiger partial charge in [0, 0.05) is 6.54 Å². The van der Waals surface area contributed by atoms with Crippen molar-refractivity contribution >= 4 is 5.97 Å². The van der Waals surface area contributed by atoms with Crippen molar-refractivity contribution in [3.8, 4) is 0 Å². The molecule has 4 heteroatoms. The van der Waals surface area contributed by atoms with Crippen molar-refractivity contribution < 1.29 is 14.3 Å². The van der Waals surface area contributed by atoms with Crippen LogP contribution in [0.4, 0.5) is 0 Å². The molecule has 2 atom stereocenters. The SMILES string of the molecule is COC(=O)[C@@H](C)O[C@@H]1CCCNC1. The predicted molar refractivity (Wildman–Crippen MR) is 48.5 cm³/mol. The molecule has 0 aromatic heterocycles. The monoisotopic (exact) mass is 187 g/mol. The lowest BCUT2D eigenvalue weighted by molar-refractivity contribution is -0.157. The van der Waals surface area contributed by atoms with Gasteiger partial charge in [-0.05, 0) is 26.3 Å². The molecule has 4 nitrogen and oxygen atoms in total. The summed E-state index contributed by atoms with van der Waals surface area (Å²) in [5, 5.41) is 3.22. The van der Waals surface area contributed by atoms with E-state index in [1.54, 1.807) is 6.92 Å². The van der Waals surface area contributed by atoms with Gasteiger partial charge in [0.25, 0.3) is 0 Å². The minimum absolute atomic E-state index is 0.155. The third kappa shape index (κ3) is 3.32. The van der Waals surface area contributed by atoms with Crippen LogP contribution in [0.25, 0.3) is 0 Å². The Morgan fingerprint density at radius 3 is 2.92 bits per heavy atom. The number of piperidine rings is 1. The lowest BCUT2D eigenvalue weighted by atomic mass is 10.1. The number of hydrogen-bond acceptors (Lipinski definition) is 4. The zero-order valence-electron chi connectivity index (χ0n) is 8.21. The molecule has 0 bridgehead atoms. The molecule has 1 heterocycles. The Balaban J connectivity index is 2.25. The van der Waals surface area contributed by atoms with E-state index in [4.69, 9.17) is 4.74 Å². The quantitative estimate of drug-likeness (QED) is 0.646. The summed E-state index contributed by atoms with van der Waals surface area (Å²) in [5.41, 5.74) is 0. The summed E-state index contributed by atoms with van der Waals surface area (Å²) in [6.45, 7) is 3.61. The van der Waals surface area contributed by atoms with Gasteiger partial charge in [0.1, 0.15) is 0 Å². The first-order chi connectivity index (χ1) is 6.24. The summed E-state index contributed by atoms with van der Waals surface area (Å²) in [4.78, 5) is 11.0. The van der Waals surface area contributed by atoms with E-state index in [1.807, 2.05) is 0 Å². The zero-order valence-corrected chi connectivity index (χ0v) is 8.21. The van der Waals surface area contributed by atoms with Gasteiger partial charge in [-0.15, -0.1) is 0 Å². The number of ether oxygens (including phenoxy) is 2. The van der Waals surface area contributed by atoms with Gasteiger partial charge >= 0.3 is 5.97 Å². The zero-order chi connectivity index (χ0) is 9.68. The molecule has 0 radical (unpaired) electrons. The summed E-state index contributed by atoms with van der Waals surface area (Å²) < 4.78 is 10.1. The maximum atomic E-state index is 11.0. The molecule has 0 amide bonds. The van der Waals surface area contributed by atoms with E-state index in [2.05, 4.69) is 10.1 Å². The Hall–Kier alpha value is -0.610. The largest absolute Gasteiger partial charge is 0.467 e. The summed E-state index contributed by atoms with van der Waals surface area (Å²) in [6.07, 6.45) is 1.84. The van der Waals surface area contributed by atoms with Crippen LogP contribution in [0, 0.1) is 0 Å². The normalized spacial score (nSPS) is 25.2. The molecule has 0 aromatic rings. The van der Waals surface area contributed by atoms with E-state index in [-0.39, 0.29) is 12.1 Å². The average molecular weight is 187 g/mol. The Morgan fingerprint density at radius 2 is 2.38 bits per heavy atom. The highest BCUT2D eigenvalue weighted by atomic mass is 16.6. The molecular weight excluding hydrogens is 170 g/mol. The van der Waals surface area contributed by atoms with E-state index in [1.165, 1.54) is 7.11 Å². The fourth-order valence-corrected chi connectivity index (χ4v) is 1.45. The van der Waals surface area contributed by atoms with Crippen molar-refractivity contribution in [2.24, 2.45) is 0 Å². The molecule has 0 saturated carbocycles. The Kier molecular flexibility index (Phi) is 4.18. The molecule has 1 saturated heterocycles. The molecule has 0 unspecified atom stereocenters. The smallest absolute Gasteiger partial charge is 0.334 e. The van der Waals surface area contributed by atoms with Crippen molar-refractivity contribution in [2.75, 3.05) is 20.2 Å². The molecular formula is C9H17NO3. The number of esters is 1. The number of hydrogen-bond donors (Lipinski definition) is 1. The van der Waals surface area contributed by atoms with Crippen LogP contribution in [0.1, 0.15) is 19.8 Å². The van der Waals surface area contributed by atoms with Crippen LogP contribution in [0.15, 0.2) is 0 Å². The molecule has 0 spiro atoms. The van der Waals surface area contributed by atoms with Gasteiger partial charge < -0.3 is 14.8 Å². The first-order valence-electron chi connectivity index (χ1n) is 4.68. The second kappa shape index (κ2) is 5.19. The van der Waals surface area contributed by atoms with Gasteiger partial charge in [-0.3, -0.25) is 0 Å². The van der Waals surface area contributed by atoms with Gasteiger partial charge in [0.2, 0.25) is 0 Å². The fraction of sp³-hybridized carbons (Fsp3) is 0.889. The minimum Gasteiger partial charge on any atom is -0.467 e. The molecule has 1 N–H and O–H groups in total. The summed E-state index contributed by atoms with van der Waals surface area (Å²) in [7, 11) is 1.38. The van der Waals surface area contributed by atoms with Crippen LogP contribution in [0.3, 0.4) is 0 Å². The van der Waals surface area contributed by atoms with Gasteiger partial charge in [0.15, 0.2) is 6.10 Å². The summed E-state index contributed by atoms with van der Waals surface area (Å²) >= 11 is 0. The van der Waals surface area contributed by atoms with E-state index in [9.17, 15) is 4.79 Å². The lowest BCUT2D eigenvalue weighted by Crippen LogP contribution is -2.39. The van der Waals surface area contributed by atoms with E-state index >= 15 is 0 Å². The number of carbonyl (C=O) groups excluding carboxylic acids is 1. The third-order valence-corrected chi connectivity index (χ3v) is 2.18.